The summed E-state index contributed by atoms with van der Waals surface area (Å²) in [7, 11) is 0. The predicted molar refractivity (Wildman–Crippen MR) is 56.6 cm³/mol. The number of nitrogens with one attached hydrogen (secondary N) is 1. The van der Waals surface area contributed by atoms with Gasteiger partial charge in [0.15, 0.2) is 0 Å². The molecule has 15 heavy (non-hydrogen) atoms. The summed E-state index contributed by atoms with van der Waals surface area (Å²) in [5.74, 6) is 1.38. The van der Waals surface area contributed by atoms with Gasteiger partial charge in [0.2, 0.25) is 11.8 Å². The Morgan fingerprint density at radius 2 is 2.40 bits per heavy atom. The molecular formula is C11H16N2O2. The molecule has 0 aliphatic heterocycles. The van der Waals surface area contributed by atoms with Crippen molar-refractivity contribution in [1.82, 2.24) is 5.16 Å². The molecule has 0 bridgehead atoms. The number of nitrogens with zero attached hydrogens (tertiary/aromatic N) is 1. The lowest BCUT2D eigenvalue weighted by atomic mass is 10.1. The van der Waals surface area contributed by atoms with E-state index >= 15 is 0 Å². The van der Waals surface area contributed by atoms with E-state index in [1.54, 1.807) is 0 Å². The second kappa shape index (κ2) is 4.04. The zero-order chi connectivity index (χ0) is 10.8. The molecule has 4 heteroatoms. The Hall–Kier alpha value is -1.32. The highest BCUT2D eigenvalue weighted by Gasteiger charge is 2.27. The van der Waals surface area contributed by atoms with Crippen LogP contribution in [0.25, 0.3) is 0 Å². The third-order valence-corrected chi connectivity index (χ3v) is 2.38. The van der Waals surface area contributed by atoms with Crippen LogP contribution in [0.15, 0.2) is 10.6 Å². The quantitative estimate of drug-likeness (QED) is 0.827. The van der Waals surface area contributed by atoms with Crippen molar-refractivity contribution in [1.29, 1.82) is 0 Å². The topological polar surface area (TPSA) is 55.1 Å². The average molecular weight is 208 g/mol. The van der Waals surface area contributed by atoms with Crippen molar-refractivity contribution in [3.05, 3.63) is 11.8 Å². The molecule has 1 aromatic heterocycles. The van der Waals surface area contributed by atoms with Gasteiger partial charge in [0, 0.05) is 18.4 Å². The number of anilines is 1. The van der Waals surface area contributed by atoms with Gasteiger partial charge in [-0.15, -0.1) is 0 Å². The third kappa shape index (κ3) is 2.81. The lowest BCUT2D eigenvalue weighted by Gasteiger charge is -2.02. The maximum Gasteiger partial charge on any atom is 0.231 e. The minimum Gasteiger partial charge on any atom is -0.338 e. The van der Waals surface area contributed by atoms with Gasteiger partial charge in [0.1, 0.15) is 0 Å². The summed E-state index contributed by atoms with van der Waals surface area (Å²) in [6, 6.07) is 1.83. The zero-order valence-electron chi connectivity index (χ0n) is 9.12. The summed E-state index contributed by atoms with van der Waals surface area (Å²) in [5, 5.41) is 6.63. The Bertz CT molecular complexity index is 353. The SMILES string of the molecule is CC(C)CC(=O)Nc1cc(C2CC2)no1. The number of carbonyl (C=O) groups is 1. The van der Waals surface area contributed by atoms with Crippen LogP contribution < -0.4 is 5.32 Å². The molecule has 1 saturated carbocycles. The van der Waals surface area contributed by atoms with Gasteiger partial charge < -0.3 is 4.52 Å². The highest BCUT2D eigenvalue weighted by atomic mass is 16.5. The van der Waals surface area contributed by atoms with Gasteiger partial charge in [-0.25, -0.2) is 0 Å². The van der Waals surface area contributed by atoms with Gasteiger partial charge in [-0.05, 0) is 18.8 Å². The molecule has 0 radical (unpaired) electrons. The molecule has 1 aromatic rings. The minimum atomic E-state index is -0.0107. The third-order valence-electron chi connectivity index (χ3n) is 2.38. The van der Waals surface area contributed by atoms with Crippen LogP contribution in [0.5, 0.6) is 0 Å². The van der Waals surface area contributed by atoms with Crippen molar-refractivity contribution < 1.29 is 9.32 Å². The first kappa shape index (κ1) is 10.2. The number of rotatable bonds is 4. The molecule has 2 rings (SSSR count). The van der Waals surface area contributed by atoms with E-state index in [0.29, 0.717) is 24.1 Å². The van der Waals surface area contributed by atoms with Crippen molar-refractivity contribution in [2.75, 3.05) is 5.32 Å². The molecule has 1 amide bonds. The van der Waals surface area contributed by atoms with Gasteiger partial charge in [-0.3, -0.25) is 10.1 Å². The van der Waals surface area contributed by atoms with E-state index in [1.165, 1.54) is 12.8 Å². The average Bonchev–Trinajstić information content (AvgIpc) is 2.87. The van der Waals surface area contributed by atoms with E-state index in [0.717, 1.165) is 5.69 Å². The molecule has 0 aromatic carbocycles. The Morgan fingerprint density at radius 3 is 3.00 bits per heavy atom. The highest BCUT2D eigenvalue weighted by Crippen LogP contribution is 2.39. The number of carbonyl (C=O) groups excluding carboxylic acids is 1. The maximum absolute atomic E-state index is 11.4. The molecule has 1 aliphatic rings. The monoisotopic (exact) mass is 208 g/mol. The van der Waals surface area contributed by atoms with Gasteiger partial charge in [-0.2, -0.15) is 0 Å². The zero-order valence-corrected chi connectivity index (χ0v) is 9.12. The molecule has 1 fully saturated rings. The molecule has 0 unspecified atom stereocenters. The van der Waals surface area contributed by atoms with E-state index < -0.39 is 0 Å². The van der Waals surface area contributed by atoms with Crippen LogP contribution in [0.4, 0.5) is 5.88 Å². The minimum absolute atomic E-state index is 0.0107. The molecule has 1 aliphatic carbocycles. The summed E-state index contributed by atoms with van der Waals surface area (Å²) in [6.45, 7) is 4.02. The lowest BCUT2D eigenvalue weighted by Crippen LogP contribution is -2.13. The summed E-state index contributed by atoms with van der Waals surface area (Å²) in [4.78, 5) is 11.4. The highest BCUT2D eigenvalue weighted by molar-refractivity contribution is 5.89. The first-order valence-corrected chi connectivity index (χ1v) is 5.41. The second-order valence-corrected chi connectivity index (χ2v) is 4.54. The van der Waals surface area contributed by atoms with Crippen LogP contribution >= 0.6 is 0 Å². The van der Waals surface area contributed by atoms with Crippen LogP contribution in [-0.4, -0.2) is 11.1 Å². The van der Waals surface area contributed by atoms with E-state index in [2.05, 4.69) is 10.5 Å². The fourth-order valence-corrected chi connectivity index (χ4v) is 1.48. The van der Waals surface area contributed by atoms with E-state index in [4.69, 9.17) is 4.52 Å². The number of hydrogen-bond donors (Lipinski definition) is 1. The van der Waals surface area contributed by atoms with Gasteiger partial charge in [0.25, 0.3) is 0 Å². The molecule has 1 N–H and O–H groups in total. The van der Waals surface area contributed by atoms with Crippen molar-refractivity contribution in [3.63, 3.8) is 0 Å². The summed E-state index contributed by atoms with van der Waals surface area (Å²) < 4.78 is 5.04. The number of aromatic nitrogens is 1. The standard InChI is InChI=1S/C11H16N2O2/c1-7(2)5-10(14)12-11-6-9(13-15-11)8-3-4-8/h6-8H,3-5H2,1-2H3,(H,12,14). The molecule has 0 atom stereocenters. The predicted octanol–water partition coefficient (Wildman–Crippen LogP) is 2.54. The molecular weight excluding hydrogens is 192 g/mol. The Labute approximate surface area is 89.0 Å². The Kier molecular flexibility index (Phi) is 2.75. The van der Waals surface area contributed by atoms with Gasteiger partial charge in [0.05, 0.1) is 5.69 Å². The van der Waals surface area contributed by atoms with E-state index in [9.17, 15) is 4.79 Å². The first-order valence-electron chi connectivity index (χ1n) is 5.41. The largest absolute Gasteiger partial charge is 0.338 e. The smallest absolute Gasteiger partial charge is 0.231 e. The molecule has 4 nitrogen and oxygen atoms in total. The summed E-state index contributed by atoms with van der Waals surface area (Å²) in [5.41, 5.74) is 0.967. The van der Waals surface area contributed by atoms with Crippen LogP contribution in [0.2, 0.25) is 0 Å². The molecule has 82 valence electrons. The number of hydrogen-bond acceptors (Lipinski definition) is 3. The fraction of sp³-hybridized carbons (Fsp3) is 0.636. The lowest BCUT2D eigenvalue weighted by molar-refractivity contribution is -0.117. The molecule has 0 spiro atoms. The molecule has 0 saturated heterocycles. The summed E-state index contributed by atoms with van der Waals surface area (Å²) in [6.07, 6.45) is 2.89. The van der Waals surface area contributed by atoms with Crippen molar-refractivity contribution in [2.24, 2.45) is 5.92 Å². The maximum atomic E-state index is 11.4. The van der Waals surface area contributed by atoms with Gasteiger partial charge >= 0.3 is 0 Å². The van der Waals surface area contributed by atoms with Gasteiger partial charge in [-0.1, -0.05) is 19.0 Å². The van der Waals surface area contributed by atoms with Crippen LogP contribution in [0.1, 0.15) is 44.7 Å². The van der Waals surface area contributed by atoms with E-state index in [-0.39, 0.29) is 5.91 Å². The normalized spacial score (nSPS) is 15.7. The van der Waals surface area contributed by atoms with Crippen molar-refractivity contribution in [3.8, 4) is 0 Å². The second-order valence-electron chi connectivity index (χ2n) is 4.54. The Balaban J connectivity index is 1.89. The first-order chi connectivity index (χ1) is 7.15. The number of amides is 1. The van der Waals surface area contributed by atoms with Crippen LogP contribution in [-0.2, 0) is 4.79 Å². The van der Waals surface area contributed by atoms with Crippen LogP contribution in [0.3, 0.4) is 0 Å². The van der Waals surface area contributed by atoms with Crippen LogP contribution in [0, 0.1) is 5.92 Å². The van der Waals surface area contributed by atoms with Crippen molar-refractivity contribution >= 4 is 11.8 Å². The fourth-order valence-electron chi connectivity index (χ4n) is 1.48. The van der Waals surface area contributed by atoms with E-state index in [1.807, 2.05) is 19.9 Å². The summed E-state index contributed by atoms with van der Waals surface area (Å²) >= 11 is 0. The molecule has 1 heterocycles. The van der Waals surface area contributed by atoms with Crippen molar-refractivity contribution in [2.45, 2.75) is 39.0 Å². The Morgan fingerprint density at radius 1 is 1.67 bits per heavy atom.